The van der Waals surface area contributed by atoms with Gasteiger partial charge < -0.3 is 5.11 Å². The molecule has 21 heavy (non-hydrogen) atoms. The topological polar surface area (TPSA) is 71.4 Å². The van der Waals surface area contributed by atoms with Crippen molar-refractivity contribution in [3.8, 4) is 0 Å². The molecule has 0 saturated heterocycles. The van der Waals surface area contributed by atoms with Gasteiger partial charge in [0.25, 0.3) is 0 Å². The fourth-order valence-electron chi connectivity index (χ4n) is 2.68. The highest BCUT2D eigenvalue weighted by atomic mass is 35.5. The van der Waals surface area contributed by atoms with Crippen LogP contribution in [0.15, 0.2) is 17.0 Å². The van der Waals surface area contributed by atoms with Crippen molar-refractivity contribution in [1.29, 1.82) is 0 Å². The van der Waals surface area contributed by atoms with Crippen LogP contribution in [0, 0.1) is 0 Å². The van der Waals surface area contributed by atoms with Crippen LogP contribution in [-0.2, 0) is 9.84 Å². The SMILES string of the molecule is O=C(O)c1c(Cl)ccc(S(=O)(=O)C2CCCCCC2)c1Cl. The fourth-order valence-corrected chi connectivity index (χ4v) is 5.46. The molecule has 7 heteroatoms. The highest BCUT2D eigenvalue weighted by molar-refractivity contribution is 7.92. The second kappa shape index (κ2) is 6.55. The molecular formula is C14H16Cl2O4S. The van der Waals surface area contributed by atoms with Crippen LogP contribution in [0.4, 0.5) is 0 Å². The highest BCUT2D eigenvalue weighted by Crippen LogP contribution is 2.35. The first-order chi connectivity index (χ1) is 9.85. The molecule has 0 amide bonds. The van der Waals surface area contributed by atoms with E-state index in [0.717, 1.165) is 25.7 Å². The first-order valence-electron chi connectivity index (χ1n) is 6.81. The summed E-state index contributed by atoms with van der Waals surface area (Å²) in [6.45, 7) is 0. The Balaban J connectivity index is 2.49. The lowest BCUT2D eigenvalue weighted by atomic mass is 10.2. The van der Waals surface area contributed by atoms with E-state index >= 15 is 0 Å². The summed E-state index contributed by atoms with van der Waals surface area (Å²) in [6, 6.07) is 2.58. The molecule has 116 valence electrons. The van der Waals surface area contributed by atoms with Crippen molar-refractivity contribution in [2.45, 2.75) is 48.7 Å². The summed E-state index contributed by atoms with van der Waals surface area (Å²) in [7, 11) is -3.64. The zero-order valence-corrected chi connectivity index (χ0v) is 13.6. The number of halogens is 2. The van der Waals surface area contributed by atoms with Crippen LogP contribution in [0.1, 0.15) is 48.9 Å². The number of rotatable bonds is 3. The molecule has 1 saturated carbocycles. The van der Waals surface area contributed by atoms with Gasteiger partial charge in [-0.15, -0.1) is 0 Å². The maximum absolute atomic E-state index is 12.7. The Labute approximate surface area is 134 Å². The Morgan fingerprint density at radius 2 is 1.67 bits per heavy atom. The van der Waals surface area contributed by atoms with Gasteiger partial charge in [-0.1, -0.05) is 48.9 Å². The molecule has 0 heterocycles. The van der Waals surface area contributed by atoms with Crippen molar-refractivity contribution in [3.63, 3.8) is 0 Å². The predicted octanol–water partition coefficient (Wildman–Crippen LogP) is 4.19. The monoisotopic (exact) mass is 350 g/mol. The summed E-state index contributed by atoms with van der Waals surface area (Å²) in [5.41, 5.74) is -0.354. The lowest BCUT2D eigenvalue weighted by Crippen LogP contribution is -2.21. The molecular weight excluding hydrogens is 335 g/mol. The normalized spacial score (nSPS) is 17.4. The van der Waals surface area contributed by atoms with Crippen LogP contribution in [0.2, 0.25) is 10.0 Å². The molecule has 1 fully saturated rings. The molecule has 0 radical (unpaired) electrons. The summed E-state index contributed by atoms with van der Waals surface area (Å²) in [6.07, 6.45) is 4.96. The maximum atomic E-state index is 12.7. The van der Waals surface area contributed by atoms with E-state index in [4.69, 9.17) is 28.3 Å². The number of carboxylic acid groups (broad SMARTS) is 1. The highest BCUT2D eigenvalue weighted by Gasteiger charge is 2.32. The first-order valence-corrected chi connectivity index (χ1v) is 9.11. The van der Waals surface area contributed by atoms with E-state index in [1.54, 1.807) is 0 Å². The Bertz CT molecular complexity index is 647. The minimum absolute atomic E-state index is 0.0627. The van der Waals surface area contributed by atoms with Crippen LogP contribution in [0.5, 0.6) is 0 Å². The van der Waals surface area contributed by atoms with Gasteiger partial charge in [0.2, 0.25) is 0 Å². The molecule has 0 aromatic heterocycles. The second-order valence-corrected chi connectivity index (χ2v) is 8.18. The van der Waals surface area contributed by atoms with Gasteiger partial charge in [0.15, 0.2) is 9.84 Å². The molecule has 0 aliphatic heterocycles. The van der Waals surface area contributed by atoms with Gasteiger partial charge in [-0.2, -0.15) is 0 Å². The molecule has 4 nitrogen and oxygen atoms in total. The molecule has 2 rings (SSSR count). The first kappa shape index (κ1) is 16.6. The maximum Gasteiger partial charge on any atom is 0.338 e. The average molecular weight is 351 g/mol. The van der Waals surface area contributed by atoms with Gasteiger partial charge in [0.05, 0.1) is 25.8 Å². The quantitative estimate of drug-likeness (QED) is 0.829. The van der Waals surface area contributed by atoms with Crippen LogP contribution in [0.25, 0.3) is 0 Å². The number of carbonyl (C=O) groups is 1. The smallest absolute Gasteiger partial charge is 0.338 e. The van der Waals surface area contributed by atoms with Crippen molar-refractivity contribution in [1.82, 2.24) is 0 Å². The van der Waals surface area contributed by atoms with Crippen LogP contribution in [0.3, 0.4) is 0 Å². The van der Waals surface area contributed by atoms with Gasteiger partial charge >= 0.3 is 5.97 Å². The second-order valence-electron chi connectivity index (χ2n) is 5.20. The molecule has 1 aliphatic carbocycles. The van der Waals surface area contributed by atoms with Gasteiger partial charge in [0.1, 0.15) is 0 Å². The Morgan fingerprint density at radius 1 is 1.10 bits per heavy atom. The summed E-state index contributed by atoms with van der Waals surface area (Å²) >= 11 is 11.8. The Kier molecular flexibility index (Phi) is 5.17. The number of hydrogen-bond donors (Lipinski definition) is 1. The van der Waals surface area contributed by atoms with Crippen molar-refractivity contribution in [2.24, 2.45) is 0 Å². The van der Waals surface area contributed by atoms with Crippen LogP contribution >= 0.6 is 23.2 Å². The average Bonchev–Trinajstić information content (AvgIpc) is 2.67. The summed E-state index contributed by atoms with van der Waals surface area (Å²) in [4.78, 5) is 11.1. The summed E-state index contributed by atoms with van der Waals surface area (Å²) in [5.74, 6) is -1.33. The lowest BCUT2D eigenvalue weighted by molar-refractivity contribution is 0.0697. The molecule has 0 spiro atoms. The zero-order chi connectivity index (χ0) is 15.6. The van der Waals surface area contributed by atoms with Crippen molar-refractivity contribution in [3.05, 3.63) is 27.7 Å². The minimum atomic E-state index is -3.64. The number of aromatic carboxylic acids is 1. The minimum Gasteiger partial charge on any atom is -0.478 e. The molecule has 1 aliphatic rings. The third-order valence-electron chi connectivity index (χ3n) is 3.82. The van der Waals surface area contributed by atoms with Crippen molar-refractivity contribution >= 4 is 39.0 Å². The van der Waals surface area contributed by atoms with E-state index in [1.165, 1.54) is 12.1 Å². The Morgan fingerprint density at radius 3 is 2.19 bits per heavy atom. The number of benzene rings is 1. The van der Waals surface area contributed by atoms with Crippen molar-refractivity contribution < 1.29 is 18.3 Å². The molecule has 0 bridgehead atoms. The Hall–Kier alpha value is -0.780. The molecule has 1 aromatic carbocycles. The van der Waals surface area contributed by atoms with Gasteiger partial charge in [-0.3, -0.25) is 0 Å². The number of hydrogen-bond acceptors (Lipinski definition) is 3. The largest absolute Gasteiger partial charge is 0.478 e. The number of sulfone groups is 1. The molecule has 1 aromatic rings. The summed E-state index contributed by atoms with van der Waals surface area (Å²) in [5, 5.41) is 8.27. The van der Waals surface area contributed by atoms with E-state index in [2.05, 4.69) is 0 Å². The lowest BCUT2D eigenvalue weighted by Gasteiger charge is -2.17. The third kappa shape index (κ3) is 3.35. The van der Waals surface area contributed by atoms with Gasteiger partial charge in [-0.05, 0) is 25.0 Å². The summed E-state index contributed by atoms with van der Waals surface area (Å²) < 4.78 is 25.5. The van der Waals surface area contributed by atoms with E-state index in [1.807, 2.05) is 0 Å². The fraction of sp³-hybridized carbons (Fsp3) is 0.500. The molecule has 0 unspecified atom stereocenters. The molecule has 0 atom stereocenters. The van der Waals surface area contributed by atoms with Crippen LogP contribution < -0.4 is 0 Å². The predicted molar refractivity (Wildman–Crippen MR) is 82.1 cm³/mol. The van der Waals surface area contributed by atoms with Gasteiger partial charge in [0, 0.05) is 0 Å². The third-order valence-corrected chi connectivity index (χ3v) is 6.94. The van der Waals surface area contributed by atoms with E-state index in [9.17, 15) is 13.2 Å². The van der Waals surface area contributed by atoms with E-state index in [0.29, 0.717) is 12.8 Å². The van der Waals surface area contributed by atoms with Crippen LogP contribution in [-0.4, -0.2) is 24.7 Å². The standard InChI is InChI=1S/C14H16Cl2O4S/c15-10-7-8-11(13(16)12(10)14(17)18)21(19,20)9-5-3-1-2-4-6-9/h7-9H,1-6H2,(H,17,18). The zero-order valence-electron chi connectivity index (χ0n) is 11.3. The van der Waals surface area contributed by atoms with Gasteiger partial charge in [-0.25, -0.2) is 13.2 Å². The number of carboxylic acids is 1. The molecule has 1 N–H and O–H groups in total. The van der Waals surface area contributed by atoms with E-state index in [-0.39, 0.29) is 20.5 Å². The van der Waals surface area contributed by atoms with E-state index < -0.39 is 21.1 Å². The van der Waals surface area contributed by atoms with Crippen molar-refractivity contribution in [2.75, 3.05) is 0 Å².